The van der Waals surface area contributed by atoms with Gasteiger partial charge in [0.05, 0.1) is 10.6 Å². The number of carbonyl (C=O) groups is 1. The van der Waals surface area contributed by atoms with Crippen LogP contribution in [0.1, 0.15) is 36.2 Å². The maximum absolute atomic E-state index is 13.1. The molecule has 3 rings (SSSR count). The summed E-state index contributed by atoms with van der Waals surface area (Å²) in [6.45, 7) is 4.17. The van der Waals surface area contributed by atoms with Crippen LogP contribution in [0, 0.1) is 0 Å². The monoisotopic (exact) mass is 358 g/mol. The molecule has 0 fully saturated rings. The van der Waals surface area contributed by atoms with Gasteiger partial charge in [-0.3, -0.25) is 9.10 Å². The molecule has 2 aromatic carbocycles. The number of anilines is 1. The second kappa shape index (κ2) is 6.88. The molecular formula is C19H22N2O3S. The Hall–Kier alpha value is -2.34. The van der Waals surface area contributed by atoms with Gasteiger partial charge in [0.15, 0.2) is 0 Å². The molecule has 1 aliphatic heterocycles. The second-order valence-corrected chi connectivity index (χ2v) is 8.33. The molecule has 0 saturated carbocycles. The van der Waals surface area contributed by atoms with E-state index in [-0.39, 0.29) is 16.8 Å². The average molecular weight is 358 g/mol. The molecule has 0 spiro atoms. The van der Waals surface area contributed by atoms with Gasteiger partial charge in [0, 0.05) is 18.2 Å². The zero-order valence-electron chi connectivity index (χ0n) is 14.4. The number of amides is 1. The Labute approximate surface area is 148 Å². The topological polar surface area (TPSA) is 66.5 Å². The number of nitrogens with one attached hydrogen (secondary N) is 1. The van der Waals surface area contributed by atoms with Crippen LogP contribution >= 0.6 is 0 Å². The van der Waals surface area contributed by atoms with Gasteiger partial charge in [-0.1, -0.05) is 24.3 Å². The largest absolute Gasteiger partial charge is 0.350 e. The average Bonchev–Trinajstić information content (AvgIpc) is 2.60. The second-order valence-electron chi connectivity index (χ2n) is 6.47. The standard InChI is InChI=1S/C19H22N2O3S/c1-14(2)20-19(22)16-8-5-10-17(13-16)25(23,24)21-12-6-9-15-7-3-4-11-18(15)21/h3-5,7-8,10-11,13-14H,6,9,12H2,1-2H3,(H,20,22). The predicted molar refractivity (Wildman–Crippen MR) is 98.3 cm³/mol. The summed E-state index contributed by atoms with van der Waals surface area (Å²) in [6, 6.07) is 13.8. The lowest BCUT2D eigenvalue weighted by molar-refractivity contribution is 0.0943. The maximum Gasteiger partial charge on any atom is 0.264 e. The molecule has 5 nitrogen and oxygen atoms in total. The summed E-state index contributed by atoms with van der Waals surface area (Å²) in [6.07, 6.45) is 1.66. The van der Waals surface area contributed by atoms with Gasteiger partial charge in [-0.2, -0.15) is 0 Å². The number of sulfonamides is 1. The SMILES string of the molecule is CC(C)NC(=O)c1cccc(S(=O)(=O)N2CCCc3ccccc32)c1. The van der Waals surface area contributed by atoms with E-state index in [4.69, 9.17) is 0 Å². The van der Waals surface area contributed by atoms with Crippen LogP contribution < -0.4 is 9.62 Å². The number of hydrogen-bond donors (Lipinski definition) is 1. The lowest BCUT2D eigenvalue weighted by Gasteiger charge is -2.30. The van der Waals surface area contributed by atoms with Crippen molar-refractivity contribution in [3.63, 3.8) is 0 Å². The van der Waals surface area contributed by atoms with E-state index in [9.17, 15) is 13.2 Å². The third-order valence-corrected chi connectivity index (χ3v) is 5.98. The van der Waals surface area contributed by atoms with E-state index >= 15 is 0 Å². The van der Waals surface area contributed by atoms with Gasteiger partial charge in [0.2, 0.25) is 0 Å². The minimum atomic E-state index is -3.71. The summed E-state index contributed by atoms with van der Waals surface area (Å²) in [5.41, 5.74) is 2.11. The number of carbonyl (C=O) groups excluding carboxylic acids is 1. The summed E-state index contributed by atoms with van der Waals surface area (Å²) >= 11 is 0. The van der Waals surface area contributed by atoms with E-state index in [0.29, 0.717) is 12.1 Å². The van der Waals surface area contributed by atoms with Gasteiger partial charge < -0.3 is 5.32 Å². The molecule has 0 aromatic heterocycles. The van der Waals surface area contributed by atoms with Crippen LogP contribution in [0.25, 0.3) is 0 Å². The Morgan fingerprint density at radius 1 is 1.12 bits per heavy atom. The highest BCUT2D eigenvalue weighted by Gasteiger charge is 2.29. The summed E-state index contributed by atoms with van der Waals surface area (Å²) in [5.74, 6) is -0.272. The summed E-state index contributed by atoms with van der Waals surface area (Å²) in [7, 11) is -3.71. The fourth-order valence-corrected chi connectivity index (χ4v) is 4.61. The Balaban J connectivity index is 1.98. The normalized spacial score (nSPS) is 14.3. The van der Waals surface area contributed by atoms with Crippen molar-refractivity contribution < 1.29 is 13.2 Å². The van der Waals surface area contributed by atoms with Crippen LogP contribution in [-0.2, 0) is 16.4 Å². The van der Waals surface area contributed by atoms with Crippen LogP contribution in [-0.4, -0.2) is 26.9 Å². The van der Waals surface area contributed by atoms with Crippen LogP contribution in [0.4, 0.5) is 5.69 Å². The highest BCUT2D eigenvalue weighted by atomic mass is 32.2. The van der Waals surface area contributed by atoms with Crippen molar-refractivity contribution in [2.45, 2.75) is 37.6 Å². The number of hydrogen-bond acceptors (Lipinski definition) is 3. The molecular weight excluding hydrogens is 336 g/mol. The van der Waals surface area contributed by atoms with Crippen LogP contribution in [0.3, 0.4) is 0 Å². The number of rotatable bonds is 4. The number of para-hydroxylation sites is 1. The van der Waals surface area contributed by atoms with E-state index in [1.54, 1.807) is 18.2 Å². The first-order valence-corrected chi connectivity index (χ1v) is 9.85. The molecule has 6 heteroatoms. The van der Waals surface area contributed by atoms with Gasteiger partial charge in [0.25, 0.3) is 15.9 Å². The highest BCUT2D eigenvalue weighted by Crippen LogP contribution is 2.31. The zero-order chi connectivity index (χ0) is 18.0. The summed E-state index contributed by atoms with van der Waals surface area (Å²) in [5, 5.41) is 2.79. The Kier molecular flexibility index (Phi) is 4.81. The predicted octanol–water partition coefficient (Wildman–Crippen LogP) is 2.97. The van der Waals surface area contributed by atoms with Crippen LogP contribution in [0.2, 0.25) is 0 Å². The number of nitrogens with zero attached hydrogens (tertiary/aromatic N) is 1. The van der Waals surface area contributed by atoms with Crippen molar-refractivity contribution >= 4 is 21.6 Å². The van der Waals surface area contributed by atoms with Crippen molar-refractivity contribution in [2.75, 3.05) is 10.8 Å². The first kappa shape index (κ1) is 17.5. The van der Waals surface area contributed by atoms with Crippen molar-refractivity contribution in [3.05, 3.63) is 59.7 Å². The molecule has 1 aliphatic rings. The molecule has 1 heterocycles. The third-order valence-electron chi connectivity index (χ3n) is 4.17. The van der Waals surface area contributed by atoms with Crippen molar-refractivity contribution in [3.8, 4) is 0 Å². The Bertz CT molecular complexity index is 891. The number of benzene rings is 2. The summed E-state index contributed by atoms with van der Waals surface area (Å²) in [4.78, 5) is 12.3. The van der Waals surface area contributed by atoms with E-state index < -0.39 is 10.0 Å². The van der Waals surface area contributed by atoms with E-state index in [1.165, 1.54) is 10.4 Å². The molecule has 0 unspecified atom stereocenters. The van der Waals surface area contributed by atoms with Gasteiger partial charge in [-0.25, -0.2) is 8.42 Å². The molecule has 1 amide bonds. The minimum absolute atomic E-state index is 0.0123. The first-order chi connectivity index (χ1) is 11.9. The zero-order valence-corrected chi connectivity index (χ0v) is 15.2. The van der Waals surface area contributed by atoms with Gasteiger partial charge in [0.1, 0.15) is 0 Å². The maximum atomic E-state index is 13.1. The first-order valence-electron chi connectivity index (χ1n) is 8.41. The van der Waals surface area contributed by atoms with Gasteiger partial charge in [-0.05, 0) is 56.5 Å². The molecule has 0 aliphatic carbocycles. The van der Waals surface area contributed by atoms with E-state index in [0.717, 1.165) is 24.1 Å². The van der Waals surface area contributed by atoms with Crippen molar-refractivity contribution in [2.24, 2.45) is 0 Å². The lowest BCUT2D eigenvalue weighted by Crippen LogP contribution is -2.35. The quantitative estimate of drug-likeness (QED) is 0.914. The van der Waals surface area contributed by atoms with E-state index in [2.05, 4.69) is 5.32 Å². The molecule has 25 heavy (non-hydrogen) atoms. The van der Waals surface area contributed by atoms with Crippen molar-refractivity contribution in [1.29, 1.82) is 0 Å². The van der Waals surface area contributed by atoms with Crippen LogP contribution in [0.15, 0.2) is 53.4 Å². The van der Waals surface area contributed by atoms with Crippen LogP contribution in [0.5, 0.6) is 0 Å². The molecule has 0 bridgehead atoms. The molecule has 132 valence electrons. The van der Waals surface area contributed by atoms with Gasteiger partial charge in [-0.15, -0.1) is 0 Å². The fourth-order valence-electron chi connectivity index (χ4n) is 3.02. The third kappa shape index (κ3) is 3.54. The number of fused-ring (bicyclic) bond motifs is 1. The summed E-state index contributed by atoms with van der Waals surface area (Å²) < 4.78 is 27.7. The van der Waals surface area contributed by atoms with Gasteiger partial charge >= 0.3 is 0 Å². The molecule has 0 radical (unpaired) electrons. The fraction of sp³-hybridized carbons (Fsp3) is 0.316. The lowest BCUT2D eigenvalue weighted by atomic mass is 10.0. The smallest absolute Gasteiger partial charge is 0.264 e. The molecule has 1 N–H and O–H groups in total. The minimum Gasteiger partial charge on any atom is -0.350 e. The molecule has 2 aromatic rings. The number of aryl methyl sites for hydroxylation is 1. The van der Waals surface area contributed by atoms with E-state index in [1.807, 2.05) is 38.1 Å². The molecule has 0 atom stereocenters. The van der Waals surface area contributed by atoms with Crippen molar-refractivity contribution in [1.82, 2.24) is 5.32 Å². The molecule has 0 saturated heterocycles. The Morgan fingerprint density at radius 2 is 1.88 bits per heavy atom. The Morgan fingerprint density at radius 3 is 2.64 bits per heavy atom. The highest BCUT2D eigenvalue weighted by molar-refractivity contribution is 7.92.